The van der Waals surface area contributed by atoms with Crippen LogP contribution in [0.25, 0.3) is 27.7 Å². The summed E-state index contributed by atoms with van der Waals surface area (Å²) in [7, 11) is 0. The smallest absolute Gasteiger partial charge is 0.683 e. The summed E-state index contributed by atoms with van der Waals surface area (Å²) >= 11 is 0. The Kier molecular flexibility index (Phi) is 8.74. The molecule has 1 aliphatic rings. The predicted molar refractivity (Wildman–Crippen MR) is 128 cm³/mol. The molecule has 5 rings (SSSR count). The van der Waals surface area contributed by atoms with Crippen LogP contribution in [-0.2, 0) is 20.1 Å². The van der Waals surface area contributed by atoms with Gasteiger partial charge in [0.2, 0.25) is 0 Å². The van der Waals surface area contributed by atoms with Crippen LogP contribution in [0.2, 0.25) is 0 Å². The van der Waals surface area contributed by atoms with E-state index in [-0.39, 0.29) is 26.1 Å². The molecular weight excluding hydrogens is 569 g/mol. The van der Waals surface area contributed by atoms with Crippen molar-refractivity contribution in [1.82, 2.24) is 4.98 Å². The van der Waals surface area contributed by atoms with Gasteiger partial charge in [-0.05, 0) is 29.3 Å². The first kappa shape index (κ1) is 23.4. The molecule has 1 atom stereocenters. The van der Waals surface area contributed by atoms with Gasteiger partial charge in [-0.25, -0.2) is 0 Å². The second kappa shape index (κ2) is 12.0. The SMILES string of the molecule is Cc1ccccc1-c1ccc(-c2[c-]cccc2)nc1.[Ir+3].[c-]1ccccc1C1C=CC=C[N-]1. The zero-order chi connectivity index (χ0) is 21.3. The van der Waals surface area contributed by atoms with Crippen LogP contribution in [0.15, 0.2) is 116 Å². The standard InChI is InChI=1S/C18H14N.C11H9N.Ir/c1-14-7-5-6-10-17(14)16-11-12-18(19-13-16)15-8-3-2-4-9-15;1-2-6-10(7-3-1)11-8-4-5-9-12-11;/h2-8,10-13H,1H3;1-6,8-9,11H;/q-1;-2;+3. The molecule has 0 aliphatic carbocycles. The minimum absolute atomic E-state index is 0. The van der Waals surface area contributed by atoms with Crippen molar-refractivity contribution in [3.8, 4) is 22.4 Å². The predicted octanol–water partition coefficient (Wildman–Crippen LogP) is 7.51. The minimum Gasteiger partial charge on any atom is -0.683 e. The molecule has 3 aromatic carbocycles. The Hall–Kier alpha value is -3.26. The van der Waals surface area contributed by atoms with Crippen molar-refractivity contribution in [2.24, 2.45) is 0 Å². The number of aryl methyl sites for hydroxylation is 1. The van der Waals surface area contributed by atoms with Gasteiger partial charge in [-0.15, -0.1) is 35.9 Å². The van der Waals surface area contributed by atoms with Gasteiger partial charge in [0.15, 0.2) is 0 Å². The Morgan fingerprint density at radius 2 is 1.59 bits per heavy atom. The first-order chi connectivity index (χ1) is 15.3. The molecule has 1 aliphatic heterocycles. The third kappa shape index (κ3) is 6.13. The largest absolute Gasteiger partial charge is 3.00 e. The van der Waals surface area contributed by atoms with Gasteiger partial charge in [-0.3, -0.25) is 0 Å². The van der Waals surface area contributed by atoms with E-state index in [1.54, 1.807) is 0 Å². The van der Waals surface area contributed by atoms with Gasteiger partial charge in [-0.2, -0.15) is 42.1 Å². The van der Waals surface area contributed by atoms with E-state index in [1.807, 2.05) is 79.1 Å². The summed E-state index contributed by atoms with van der Waals surface area (Å²) in [6, 6.07) is 34.9. The topological polar surface area (TPSA) is 27.0 Å². The summed E-state index contributed by atoms with van der Waals surface area (Å²) in [5.41, 5.74) is 6.76. The monoisotopic (exact) mass is 592 g/mol. The molecule has 32 heavy (non-hydrogen) atoms. The number of hydrogen-bond donors (Lipinski definition) is 0. The normalized spacial score (nSPS) is 13.8. The number of rotatable bonds is 3. The Morgan fingerprint density at radius 1 is 0.812 bits per heavy atom. The summed E-state index contributed by atoms with van der Waals surface area (Å²) in [5, 5.41) is 4.30. The molecule has 2 heterocycles. The Labute approximate surface area is 204 Å². The van der Waals surface area contributed by atoms with Crippen molar-refractivity contribution in [3.63, 3.8) is 0 Å². The third-order valence-electron chi connectivity index (χ3n) is 4.99. The Balaban J connectivity index is 0.000000193. The molecule has 0 spiro atoms. The van der Waals surface area contributed by atoms with Gasteiger partial charge < -0.3 is 10.3 Å². The summed E-state index contributed by atoms with van der Waals surface area (Å²) in [4.78, 5) is 4.54. The molecule has 0 amide bonds. The van der Waals surface area contributed by atoms with E-state index < -0.39 is 0 Å². The molecule has 158 valence electrons. The van der Waals surface area contributed by atoms with Gasteiger partial charge in [-0.1, -0.05) is 60.7 Å². The Bertz CT molecular complexity index is 1150. The molecule has 2 nitrogen and oxygen atoms in total. The maximum atomic E-state index is 4.54. The van der Waals surface area contributed by atoms with Crippen LogP contribution in [0.5, 0.6) is 0 Å². The molecule has 1 aromatic heterocycles. The second-order valence-corrected chi connectivity index (χ2v) is 7.16. The van der Waals surface area contributed by atoms with Crippen molar-refractivity contribution in [2.75, 3.05) is 0 Å². The van der Waals surface area contributed by atoms with E-state index in [9.17, 15) is 0 Å². The molecule has 0 bridgehead atoms. The summed E-state index contributed by atoms with van der Waals surface area (Å²) in [5.74, 6) is 0. The molecular formula is C29H23IrN2. The third-order valence-corrected chi connectivity index (χ3v) is 4.99. The van der Waals surface area contributed by atoms with E-state index >= 15 is 0 Å². The van der Waals surface area contributed by atoms with E-state index in [4.69, 9.17) is 0 Å². The molecule has 0 fully saturated rings. The van der Waals surface area contributed by atoms with Crippen LogP contribution in [0.4, 0.5) is 0 Å². The van der Waals surface area contributed by atoms with Crippen LogP contribution >= 0.6 is 0 Å². The van der Waals surface area contributed by atoms with Crippen molar-refractivity contribution in [2.45, 2.75) is 13.0 Å². The molecule has 0 saturated heterocycles. The molecule has 0 N–H and O–H groups in total. The van der Waals surface area contributed by atoms with Crippen molar-refractivity contribution in [3.05, 3.63) is 144 Å². The zero-order valence-corrected chi connectivity index (χ0v) is 20.2. The summed E-state index contributed by atoms with van der Waals surface area (Å²) in [6.07, 6.45) is 9.76. The number of pyridine rings is 1. The van der Waals surface area contributed by atoms with E-state index in [0.29, 0.717) is 0 Å². The van der Waals surface area contributed by atoms with Gasteiger partial charge in [0.1, 0.15) is 0 Å². The maximum absolute atomic E-state index is 4.54. The van der Waals surface area contributed by atoms with Gasteiger partial charge in [0, 0.05) is 6.20 Å². The van der Waals surface area contributed by atoms with Gasteiger partial charge in [0.25, 0.3) is 0 Å². The van der Waals surface area contributed by atoms with Crippen LogP contribution in [0.3, 0.4) is 0 Å². The summed E-state index contributed by atoms with van der Waals surface area (Å²) < 4.78 is 0. The molecule has 4 aromatic rings. The van der Waals surface area contributed by atoms with E-state index in [1.165, 1.54) is 11.1 Å². The average molecular weight is 592 g/mol. The maximum Gasteiger partial charge on any atom is 3.00 e. The quantitative estimate of drug-likeness (QED) is 0.227. The average Bonchev–Trinajstić information content (AvgIpc) is 2.87. The Morgan fingerprint density at radius 3 is 2.22 bits per heavy atom. The van der Waals surface area contributed by atoms with Crippen LogP contribution in [0.1, 0.15) is 17.2 Å². The fourth-order valence-electron chi connectivity index (χ4n) is 3.35. The van der Waals surface area contributed by atoms with Crippen LogP contribution < -0.4 is 0 Å². The summed E-state index contributed by atoms with van der Waals surface area (Å²) in [6.45, 7) is 2.12. The number of hydrogen-bond acceptors (Lipinski definition) is 1. The van der Waals surface area contributed by atoms with Crippen molar-refractivity contribution < 1.29 is 20.1 Å². The number of aromatic nitrogens is 1. The first-order valence-corrected chi connectivity index (χ1v) is 10.3. The van der Waals surface area contributed by atoms with Gasteiger partial charge in [0.05, 0.1) is 0 Å². The first-order valence-electron chi connectivity index (χ1n) is 10.3. The van der Waals surface area contributed by atoms with Crippen LogP contribution in [-0.4, -0.2) is 4.98 Å². The van der Waals surface area contributed by atoms with Crippen molar-refractivity contribution >= 4 is 0 Å². The number of benzene rings is 3. The van der Waals surface area contributed by atoms with Crippen LogP contribution in [0, 0.1) is 19.1 Å². The molecule has 0 radical (unpaired) electrons. The number of allylic oxidation sites excluding steroid dienone is 2. The minimum atomic E-state index is 0. The second-order valence-electron chi connectivity index (χ2n) is 7.16. The van der Waals surface area contributed by atoms with Gasteiger partial charge >= 0.3 is 20.1 Å². The number of nitrogens with zero attached hydrogens (tertiary/aromatic N) is 2. The zero-order valence-electron chi connectivity index (χ0n) is 17.8. The molecule has 0 saturated carbocycles. The van der Waals surface area contributed by atoms with E-state index in [2.05, 4.69) is 65.8 Å². The van der Waals surface area contributed by atoms with Crippen molar-refractivity contribution in [1.29, 1.82) is 0 Å². The fourth-order valence-corrected chi connectivity index (χ4v) is 3.35. The molecule has 3 heteroatoms. The van der Waals surface area contributed by atoms with E-state index in [0.717, 1.165) is 22.4 Å². The fraction of sp³-hybridized carbons (Fsp3) is 0.0690. The molecule has 1 unspecified atom stereocenters.